The van der Waals surface area contributed by atoms with Crippen LogP contribution in [0.3, 0.4) is 0 Å². The summed E-state index contributed by atoms with van der Waals surface area (Å²) in [5.41, 5.74) is 1.70. The van der Waals surface area contributed by atoms with E-state index in [1.807, 2.05) is 43.3 Å². The van der Waals surface area contributed by atoms with Gasteiger partial charge in [0.2, 0.25) is 0 Å². The van der Waals surface area contributed by atoms with Crippen LogP contribution < -0.4 is 5.32 Å². The SMILES string of the molecule is Cc1ccccc1C(=O)NCc1ccc(Cl)s1. The number of nitrogens with one attached hydrogen (secondary N) is 1. The molecule has 0 atom stereocenters. The number of carbonyl (C=O) groups excluding carboxylic acids is 1. The van der Waals surface area contributed by atoms with Gasteiger partial charge in [0.25, 0.3) is 5.91 Å². The monoisotopic (exact) mass is 265 g/mol. The third kappa shape index (κ3) is 3.08. The number of halogens is 1. The molecule has 1 aromatic carbocycles. The second-order valence-electron chi connectivity index (χ2n) is 3.70. The van der Waals surface area contributed by atoms with E-state index in [0.717, 1.165) is 20.3 Å². The fourth-order valence-corrected chi connectivity index (χ4v) is 2.56. The first-order valence-corrected chi connectivity index (χ1v) is 6.44. The lowest BCUT2D eigenvalue weighted by molar-refractivity contribution is 0.0950. The standard InChI is InChI=1S/C13H12ClNOS/c1-9-4-2-3-5-11(9)13(16)15-8-10-6-7-12(14)17-10/h2-7H,8H2,1H3,(H,15,16). The molecule has 1 aromatic heterocycles. The van der Waals surface area contributed by atoms with Crippen LogP contribution in [0.4, 0.5) is 0 Å². The number of benzene rings is 1. The molecule has 0 aliphatic carbocycles. The lowest BCUT2D eigenvalue weighted by Crippen LogP contribution is -2.23. The van der Waals surface area contributed by atoms with Crippen molar-refractivity contribution in [2.75, 3.05) is 0 Å². The molecule has 2 rings (SSSR count). The fourth-order valence-electron chi connectivity index (χ4n) is 1.54. The minimum Gasteiger partial charge on any atom is -0.347 e. The molecule has 2 aromatic rings. The van der Waals surface area contributed by atoms with Crippen LogP contribution in [-0.2, 0) is 6.54 Å². The van der Waals surface area contributed by atoms with E-state index < -0.39 is 0 Å². The van der Waals surface area contributed by atoms with E-state index in [2.05, 4.69) is 5.32 Å². The van der Waals surface area contributed by atoms with Crippen LogP contribution in [0.2, 0.25) is 4.34 Å². The van der Waals surface area contributed by atoms with Crippen LogP contribution in [0.1, 0.15) is 20.8 Å². The number of thiophene rings is 1. The van der Waals surface area contributed by atoms with Crippen LogP contribution in [0.25, 0.3) is 0 Å². The van der Waals surface area contributed by atoms with Gasteiger partial charge in [-0.05, 0) is 30.7 Å². The molecular formula is C13H12ClNOS. The highest BCUT2D eigenvalue weighted by atomic mass is 35.5. The largest absolute Gasteiger partial charge is 0.347 e. The summed E-state index contributed by atoms with van der Waals surface area (Å²) in [5, 5.41) is 2.88. The highest BCUT2D eigenvalue weighted by Crippen LogP contribution is 2.21. The summed E-state index contributed by atoms with van der Waals surface area (Å²) < 4.78 is 0.741. The number of rotatable bonds is 3. The maximum atomic E-state index is 11.9. The molecule has 0 aliphatic heterocycles. The van der Waals surface area contributed by atoms with Crippen molar-refractivity contribution in [1.29, 1.82) is 0 Å². The first-order chi connectivity index (χ1) is 8.16. The van der Waals surface area contributed by atoms with Gasteiger partial charge in [0, 0.05) is 10.4 Å². The van der Waals surface area contributed by atoms with Gasteiger partial charge in [-0.15, -0.1) is 11.3 Å². The molecule has 0 spiro atoms. The zero-order valence-electron chi connectivity index (χ0n) is 9.37. The molecule has 0 saturated carbocycles. The Labute approximate surface area is 109 Å². The highest BCUT2D eigenvalue weighted by molar-refractivity contribution is 7.16. The molecule has 0 aliphatic rings. The molecule has 4 heteroatoms. The summed E-state index contributed by atoms with van der Waals surface area (Å²) in [6.45, 7) is 2.45. The molecule has 1 amide bonds. The lowest BCUT2D eigenvalue weighted by atomic mass is 10.1. The fraction of sp³-hybridized carbons (Fsp3) is 0.154. The summed E-state index contributed by atoms with van der Waals surface area (Å²) in [7, 11) is 0. The number of amides is 1. The second-order valence-corrected chi connectivity index (χ2v) is 5.50. The quantitative estimate of drug-likeness (QED) is 0.902. The minimum absolute atomic E-state index is 0.0485. The Morgan fingerprint density at radius 1 is 1.29 bits per heavy atom. The smallest absolute Gasteiger partial charge is 0.251 e. The highest BCUT2D eigenvalue weighted by Gasteiger charge is 2.07. The van der Waals surface area contributed by atoms with E-state index in [9.17, 15) is 4.79 Å². The van der Waals surface area contributed by atoms with Crippen LogP contribution >= 0.6 is 22.9 Å². The zero-order chi connectivity index (χ0) is 12.3. The molecule has 0 unspecified atom stereocenters. The average molecular weight is 266 g/mol. The zero-order valence-corrected chi connectivity index (χ0v) is 10.9. The maximum Gasteiger partial charge on any atom is 0.251 e. The Kier molecular flexibility index (Phi) is 3.82. The third-order valence-electron chi connectivity index (χ3n) is 2.44. The van der Waals surface area contributed by atoms with E-state index >= 15 is 0 Å². The van der Waals surface area contributed by atoms with Gasteiger partial charge in [0.05, 0.1) is 10.9 Å². The molecule has 2 nitrogen and oxygen atoms in total. The summed E-state index contributed by atoms with van der Waals surface area (Å²) in [4.78, 5) is 13.0. The molecule has 88 valence electrons. The molecular weight excluding hydrogens is 254 g/mol. The summed E-state index contributed by atoms with van der Waals surface area (Å²) >= 11 is 7.30. The van der Waals surface area contributed by atoms with Gasteiger partial charge < -0.3 is 5.32 Å². The van der Waals surface area contributed by atoms with Gasteiger partial charge in [-0.3, -0.25) is 4.79 Å². The number of hydrogen-bond acceptors (Lipinski definition) is 2. The molecule has 0 saturated heterocycles. The maximum absolute atomic E-state index is 11.9. The minimum atomic E-state index is -0.0485. The predicted molar refractivity (Wildman–Crippen MR) is 71.7 cm³/mol. The van der Waals surface area contributed by atoms with Crippen molar-refractivity contribution in [3.05, 3.63) is 56.7 Å². The molecule has 17 heavy (non-hydrogen) atoms. The first-order valence-electron chi connectivity index (χ1n) is 5.25. The van der Waals surface area contributed by atoms with Crippen molar-refractivity contribution in [2.45, 2.75) is 13.5 Å². The van der Waals surface area contributed by atoms with Crippen molar-refractivity contribution >= 4 is 28.8 Å². The van der Waals surface area contributed by atoms with Gasteiger partial charge in [-0.25, -0.2) is 0 Å². The number of hydrogen-bond donors (Lipinski definition) is 1. The van der Waals surface area contributed by atoms with E-state index in [1.54, 1.807) is 0 Å². The van der Waals surface area contributed by atoms with Gasteiger partial charge in [0.15, 0.2) is 0 Å². The normalized spacial score (nSPS) is 10.2. The van der Waals surface area contributed by atoms with Crippen molar-refractivity contribution in [1.82, 2.24) is 5.32 Å². The molecule has 0 radical (unpaired) electrons. The Hall–Kier alpha value is -1.32. The number of carbonyl (C=O) groups is 1. The molecule has 0 fully saturated rings. The van der Waals surface area contributed by atoms with E-state index in [1.165, 1.54) is 11.3 Å². The van der Waals surface area contributed by atoms with Crippen molar-refractivity contribution in [3.63, 3.8) is 0 Å². The number of aryl methyl sites for hydroxylation is 1. The summed E-state index contributed by atoms with van der Waals surface area (Å²) in [5.74, 6) is -0.0485. The topological polar surface area (TPSA) is 29.1 Å². The molecule has 1 N–H and O–H groups in total. The Bertz CT molecular complexity index is 536. The Balaban J connectivity index is 2.01. The Morgan fingerprint density at radius 3 is 2.71 bits per heavy atom. The lowest BCUT2D eigenvalue weighted by Gasteiger charge is -2.06. The van der Waals surface area contributed by atoms with Crippen LogP contribution in [-0.4, -0.2) is 5.91 Å². The van der Waals surface area contributed by atoms with Crippen molar-refractivity contribution in [2.24, 2.45) is 0 Å². The van der Waals surface area contributed by atoms with Gasteiger partial charge in [0.1, 0.15) is 0 Å². The average Bonchev–Trinajstić information content (AvgIpc) is 2.73. The van der Waals surface area contributed by atoms with E-state index in [0.29, 0.717) is 6.54 Å². The van der Waals surface area contributed by atoms with Crippen LogP contribution in [0, 0.1) is 6.92 Å². The second kappa shape index (κ2) is 5.34. The predicted octanol–water partition coefficient (Wildman–Crippen LogP) is 3.64. The van der Waals surface area contributed by atoms with E-state index in [-0.39, 0.29) is 5.91 Å². The van der Waals surface area contributed by atoms with E-state index in [4.69, 9.17) is 11.6 Å². The van der Waals surface area contributed by atoms with Gasteiger partial charge in [-0.1, -0.05) is 29.8 Å². The van der Waals surface area contributed by atoms with Crippen LogP contribution in [0.15, 0.2) is 36.4 Å². The molecule has 0 bridgehead atoms. The summed E-state index contributed by atoms with van der Waals surface area (Å²) in [6.07, 6.45) is 0. The summed E-state index contributed by atoms with van der Waals surface area (Å²) in [6, 6.07) is 11.3. The third-order valence-corrected chi connectivity index (χ3v) is 3.67. The van der Waals surface area contributed by atoms with Gasteiger partial charge in [-0.2, -0.15) is 0 Å². The van der Waals surface area contributed by atoms with Crippen molar-refractivity contribution in [3.8, 4) is 0 Å². The Morgan fingerprint density at radius 2 is 2.06 bits per heavy atom. The van der Waals surface area contributed by atoms with Crippen molar-refractivity contribution < 1.29 is 4.79 Å². The first kappa shape index (κ1) is 12.1. The van der Waals surface area contributed by atoms with Gasteiger partial charge >= 0.3 is 0 Å². The van der Waals surface area contributed by atoms with Crippen LogP contribution in [0.5, 0.6) is 0 Å². The molecule has 1 heterocycles.